The van der Waals surface area contributed by atoms with E-state index in [1.54, 1.807) is 17.1 Å². The van der Waals surface area contributed by atoms with Crippen LogP contribution >= 0.6 is 0 Å². The molecule has 7 nitrogen and oxygen atoms in total. The van der Waals surface area contributed by atoms with E-state index in [4.69, 9.17) is 4.52 Å². The lowest BCUT2D eigenvalue weighted by molar-refractivity contribution is 0.0900. The topological polar surface area (TPSA) is 76.2 Å². The van der Waals surface area contributed by atoms with Crippen molar-refractivity contribution >= 4 is 5.91 Å². The van der Waals surface area contributed by atoms with E-state index in [0.29, 0.717) is 5.56 Å². The molecule has 0 saturated carbocycles. The molecule has 1 amide bonds. The molecule has 1 unspecified atom stereocenters. The zero-order valence-corrected chi connectivity index (χ0v) is 13.9. The fourth-order valence-electron chi connectivity index (χ4n) is 3.08. The Labute approximate surface area is 135 Å². The average Bonchev–Trinajstić information content (AvgIpc) is 3.09. The van der Waals surface area contributed by atoms with Gasteiger partial charge in [-0.15, -0.1) is 0 Å². The highest BCUT2D eigenvalue weighted by Crippen LogP contribution is 2.18. The van der Waals surface area contributed by atoms with Gasteiger partial charge in [0.2, 0.25) is 0 Å². The molecule has 1 aliphatic rings. The zero-order chi connectivity index (χ0) is 16.4. The average molecular weight is 317 g/mol. The Kier molecular flexibility index (Phi) is 4.47. The van der Waals surface area contributed by atoms with Crippen LogP contribution in [0.5, 0.6) is 0 Å². The number of hydrogen-bond donors (Lipinski definition) is 1. The van der Waals surface area contributed by atoms with Gasteiger partial charge in [0.05, 0.1) is 17.5 Å². The zero-order valence-electron chi connectivity index (χ0n) is 13.9. The molecule has 2 aromatic heterocycles. The minimum absolute atomic E-state index is 0.0534. The molecule has 124 valence electrons. The Hall–Kier alpha value is -2.15. The first kappa shape index (κ1) is 15.7. The Morgan fingerprint density at radius 2 is 2.30 bits per heavy atom. The van der Waals surface area contributed by atoms with Gasteiger partial charge in [0, 0.05) is 37.9 Å². The van der Waals surface area contributed by atoms with E-state index in [1.165, 1.54) is 0 Å². The molecule has 23 heavy (non-hydrogen) atoms. The maximum atomic E-state index is 12.3. The molecule has 0 spiro atoms. The number of carbonyl (C=O) groups is 1. The van der Waals surface area contributed by atoms with Gasteiger partial charge in [-0.2, -0.15) is 5.10 Å². The molecule has 3 heterocycles. The standard InChI is InChI=1S/C16H23N5O2/c1-11-15(12(2)23-19-11)10-21-6-4-5-14(9-21)18-16(22)13-7-17-20(3)8-13/h7-8,14H,4-6,9-10H2,1-3H3,(H,18,22). The van der Waals surface area contributed by atoms with Gasteiger partial charge < -0.3 is 9.84 Å². The van der Waals surface area contributed by atoms with Crippen molar-refractivity contribution in [3.8, 4) is 0 Å². The maximum absolute atomic E-state index is 12.3. The summed E-state index contributed by atoms with van der Waals surface area (Å²) in [4.78, 5) is 14.6. The molecule has 2 aromatic rings. The Morgan fingerprint density at radius 1 is 1.48 bits per heavy atom. The third kappa shape index (κ3) is 3.61. The van der Waals surface area contributed by atoms with Gasteiger partial charge in [0.15, 0.2) is 0 Å². The second-order valence-corrected chi connectivity index (χ2v) is 6.25. The summed E-state index contributed by atoms with van der Waals surface area (Å²) in [7, 11) is 1.81. The Bertz CT molecular complexity index is 671. The van der Waals surface area contributed by atoms with Crippen LogP contribution < -0.4 is 5.32 Å². The third-order valence-electron chi connectivity index (χ3n) is 4.37. The predicted octanol–water partition coefficient (Wildman–Crippen LogP) is 1.42. The van der Waals surface area contributed by atoms with Gasteiger partial charge in [-0.25, -0.2) is 0 Å². The van der Waals surface area contributed by atoms with Crippen LogP contribution in [0.25, 0.3) is 0 Å². The van der Waals surface area contributed by atoms with E-state index in [-0.39, 0.29) is 11.9 Å². The molecular formula is C16H23N5O2. The van der Waals surface area contributed by atoms with Gasteiger partial charge in [-0.3, -0.25) is 14.4 Å². The molecule has 1 fully saturated rings. The number of carbonyl (C=O) groups excluding carboxylic acids is 1. The molecule has 7 heteroatoms. The van der Waals surface area contributed by atoms with Crippen molar-refractivity contribution in [3.63, 3.8) is 0 Å². The third-order valence-corrected chi connectivity index (χ3v) is 4.37. The van der Waals surface area contributed by atoms with Crippen LogP contribution in [-0.2, 0) is 13.6 Å². The SMILES string of the molecule is Cc1noc(C)c1CN1CCCC(NC(=O)c2cnn(C)c2)C1. The first-order valence-corrected chi connectivity index (χ1v) is 7.96. The summed E-state index contributed by atoms with van der Waals surface area (Å²) in [6.45, 7) is 6.61. The lowest BCUT2D eigenvalue weighted by Crippen LogP contribution is -2.47. The quantitative estimate of drug-likeness (QED) is 0.923. The highest BCUT2D eigenvalue weighted by molar-refractivity contribution is 5.93. The summed E-state index contributed by atoms with van der Waals surface area (Å²) in [5.74, 6) is 0.825. The van der Waals surface area contributed by atoms with Crippen LogP contribution in [0.15, 0.2) is 16.9 Å². The van der Waals surface area contributed by atoms with Crippen molar-refractivity contribution in [2.75, 3.05) is 13.1 Å². The lowest BCUT2D eigenvalue weighted by atomic mass is 10.0. The molecule has 3 rings (SSSR count). The number of nitrogens with zero attached hydrogens (tertiary/aromatic N) is 4. The first-order chi connectivity index (χ1) is 11.0. The van der Waals surface area contributed by atoms with Gasteiger partial charge in [-0.05, 0) is 33.2 Å². The molecule has 1 aliphatic heterocycles. The number of hydrogen-bond acceptors (Lipinski definition) is 5. The highest BCUT2D eigenvalue weighted by atomic mass is 16.5. The van der Waals surface area contributed by atoms with E-state index >= 15 is 0 Å². The Balaban J connectivity index is 1.59. The lowest BCUT2D eigenvalue weighted by Gasteiger charge is -2.33. The summed E-state index contributed by atoms with van der Waals surface area (Å²) in [5.41, 5.74) is 2.71. The van der Waals surface area contributed by atoms with Gasteiger partial charge in [0.1, 0.15) is 5.76 Å². The monoisotopic (exact) mass is 317 g/mol. The molecule has 1 N–H and O–H groups in total. The van der Waals surface area contributed by atoms with Crippen LogP contribution in [0.2, 0.25) is 0 Å². The summed E-state index contributed by atoms with van der Waals surface area (Å²) < 4.78 is 6.87. The summed E-state index contributed by atoms with van der Waals surface area (Å²) in [6, 6.07) is 0.164. The summed E-state index contributed by atoms with van der Waals surface area (Å²) in [6.07, 6.45) is 5.41. The molecule has 0 radical (unpaired) electrons. The van der Waals surface area contributed by atoms with E-state index in [9.17, 15) is 4.79 Å². The second kappa shape index (κ2) is 6.54. The number of likely N-dealkylation sites (tertiary alicyclic amines) is 1. The molecular weight excluding hydrogens is 294 g/mol. The minimum Gasteiger partial charge on any atom is -0.361 e. The number of nitrogens with one attached hydrogen (secondary N) is 1. The molecule has 1 saturated heterocycles. The number of aryl methyl sites for hydroxylation is 3. The number of rotatable bonds is 4. The van der Waals surface area contributed by atoms with Crippen LogP contribution in [0, 0.1) is 13.8 Å². The van der Waals surface area contributed by atoms with Gasteiger partial charge in [0.25, 0.3) is 5.91 Å². The van der Waals surface area contributed by atoms with Crippen LogP contribution in [0.1, 0.15) is 40.2 Å². The largest absolute Gasteiger partial charge is 0.361 e. The smallest absolute Gasteiger partial charge is 0.254 e. The Morgan fingerprint density at radius 3 is 2.96 bits per heavy atom. The predicted molar refractivity (Wildman–Crippen MR) is 85.0 cm³/mol. The van der Waals surface area contributed by atoms with Crippen LogP contribution in [0.4, 0.5) is 0 Å². The van der Waals surface area contributed by atoms with E-state index in [2.05, 4.69) is 20.5 Å². The number of piperidine rings is 1. The van der Waals surface area contributed by atoms with Crippen molar-refractivity contribution in [2.45, 2.75) is 39.3 Å². The number of aromatic nitrogens is 3. The van der Waals surface area contributed by atoms with Crippen LogP contribution in [-0.4, -0.2) is 44.9 Å². The molecule has 0 bridgehead atoms. The van der Waals surface area contributed by atoms with Gasteiger partial charge >= 0.3 is 0 Å². The maximum Gasteiger partial charge on any atom is 0.254 e. The van der Waals surface area contributed by atoms with E-state index < -0.39 is 0 Å². The fourth-order valence-corrected chi connectivity index (χ4v) is 3.08. The first-order valence-electron chi connectivity index (χ1n) is 7.96. The summed E-state index contributed by atoms with van der Waals surface area (Å²) >= 11 is 0. The molecule has 0 aliphatic carbocycles. The number of amides is 1. The fraction of sp³-hybridized carbons (Fsp3) is 0.562. The van der Waals surface area contributed by atoms with Crippen molar-refractivity contribution in [2.24, 2.45) is 7.05 Å². The van der Waals surface area contributed by atoms with Crippen molar-refractivity contribution in [1.29, 1.82) is 0 Å². The van der Waals surface area contributed by atoms with E-state index in [1.807, 2.05) is 20.9 Å². The molecule has 1 atom stereocenters. The van der Waals surface area contributed by atoms with Crippen molar-refractivity contribution in [3.05, 3.63) is 35.0 Å². The minimum atomic E-state index is -0.0534. The van der Waals surface area contributed by atoms with E-state index in [0.717, 1.165) is 49.5 Å². The van der Waals surface area contributed by atoms with Crippen LogP contribution in [0.3, 0.4) is 0 Å². The van der Waals surface area contributed by atoms with Gasteiger partial charge in [-0.1, -0.05) is 5.16 Å². The second-order valence-electron chi connectivity index (χ2n) is 6.25. The molecule has 0 aromatic carbocycles. The highest BCUT2D eigenvalue weighted by Gasteiger charge is 2.24. The van der Waals surface area contributed by atoms with Crippen molar-refractivity contribution in [1.82, 2.24) is 25.2 Å². The van der Waals surface area contributed by atoms with Crippen molar-refractivity contribution < 1.29 is 9.32 Å². The summed E-state index contributed by atoms with van der Waals surface area (Å²) in [5, 5.41) is 11.2. The normalized spacial score (nSPS) is 19.0.